The molecule has 3 unspecified atom stereocenters. The fraction of sp³-hybridized carbons (Fsp3) is 0.389. The maximum Gasteiger partial charge on any atom is 0.234 e. The number of oxazole rings is 1. The molecule has 4 rings (SSSR count). The van der Waals surface area contributed by atoms with Crippen LogP contribution in [0.3, 0.4) is 0 Å². The number of benzene rings is 1. The van der Waals surface area contributed by atoms with Gasteiger partial charge in [0.1, 0.15) is 28.2 Å². The van der Waals surface area contributed by atoms with E-state index in [4.69, 9.17) is 21.8 Å². The highest BCUT2D eigenvalue weighted by Crippen LogP contribution is 2.40. The zero-order chi connectivity index (χ0) is 20.1. The highest BCUT2D eigenvalue weighted by Gasteiger charge is 2.47. The van der Waals surface area contributed by atoms with E-state index in [2.05, 4.69) is 20.3 Å². The lowest BCUT2D eigenvalue weighted by molar-refractivity contribution is -0.0545. The van der Waals surface area contributed by atoms with Crippen molar-refractivity contribution in [2.75, 3.05) is 17.7 Å². The molecular weight excluding hydrogens is 386 g/mol. The van der Waals surface area contributed by atoms with Crippen LogP contribution in [0.15, 0.2) is 22.6 Å². The van der Waals surface area contributed by atoms with Gasteiger partial charge in [-0.25, -0.2) is 9.97 Å². The lowest BCUT2D eigenvalue weighted by Gasteiger charge is -2.30. The number of halogens is 1. The topological polar surface area (TPSA) is 151 Å². The van der Waals surface area contributed by atoms with E-state index in [1.54, 1.807) is 0 Å². The molecule has 0 aliphatic heterocycles. The van der Waals surface area contributed by atoms with E-state index in [0.29, 0.717) is 17.5 Å². The lowest BCUT2D eigenvalue weighted by atomic mass is 10.0. The molecule has 10 heteroatoms. The van der Waals surface area contributed by atoms with E-state index >= 15 is 0 Å². The predicted octanol–water partition coefficient (Wildman–Crippen LogP) is 1.69. The van der Waals surface area contributed by atoms with Crippen molar-refractivity contribution >= 4 is 34.5 Å². The highest BCUT2D eigenvalue weighted by atomic mass is 35.5. The Morgan fingerprint density at radius 1 is 1.36 bits per heavy atom. The van der Waals surface area contributed by atoms with Crippen molar-refractivity contribution in [2.45, 2.75) is 31.6 Å². The van der Waals surface area contributed by atoms with Gasteiger partial charge in [0.2, 0.25) is 11.8 Å². The molecule has 1 saturated carbocycles. The molecule has 6 N–H and O–H groups in total. The monoisotopic (exact) mass is 405 g/mol. The quantitative estimate of drug-likeness (QED) is 0.322. The SMILES string of the molecule is Cc1ccc2nc(-c3c(Cl)nc(N)nc3NC3(O)CCC(CO)C3O)oc2c1. The number of nitrogens with one attached hydrogen (secondary N) is 1. The zero-order valence-corrected chi connectivity index (χ0v) is 15.8. The van der Waals surface area contributed by atoms with E-state index in [9.17, 15) is 15.3 Å². The molecule has 1 aliphatic rings. The second kappa shape index (κ2) is 6.85. The van der Waals surface area contributed by atoms with Gasteiger partial charge in [0.05, 0.1) is 0 Å². The Morgan fingerprint density at radius 3 is 2.86 bits per heavy atom. The van der Waals surface area contributed by atoms with E-state index in [0.717, 1.165) is 5.56 Å². The van der Waals surface area contributed by atoms with E-state index < -0.39 is 17.7 Å². The van der Waals surface area contributed by atoms with Crippen LogP contribution >= 0.6 is 11.6 Å². The Balaban J connectivity index is 1.80. The Bertz CT molecular complexity index is 1040. The number of nitrogens with zero attached hydrogens (tertiary/aromatic N) is 3. The van der Waals surface area contributed by atoms with Crippen molar-refractivity contribution in [3.63, 3.8) is 0 Å². The van der Waals surface area contributed by atoms with Gasteiger partial charge in [-0.3, -0.25) is 0 Å². The molecule has 2 aromatic heterocycles. The van der Waals surface area contributed by atoms with Gasteiger partial charge >= 0.3 is 0 Å². The minimum Gasteiger partial charge on any atom is -0.436 e. The largest absolute Gasteiger partial charge is 0.436 e. The minimum absolute atomic E-state index is 0.00641. The van der Waals surface area contributed by atoms with Crippen LogP contribution in [-0.4, -0.2) is 48.7 Å². The van der Waals surface area contributed by atoms with Gasteiger partial charge in [0.25, 0.3) is 0 Å². The van der Waals surface area contributed by atoms with Crippen LogP contribution in [-0.2, 0) is 0 Å². The average Bonchev–Trinajstić information content (AvgIpc) is 3.15. The molecule has 3 atom stereocenters. The van der Waals surface area contributed by atoms with Crippen molar-refractivity contribution in [3.05, 3.63) is 28.9 Å². The van der Waals surface area contributed by atoms with Crippen molar-refractivity contribution in [2.24, 2.45) is 5.92 Å². The number of aliphatic hydroxyl groups is 3. The summed E-state index contributed by atoms with van der Waals surface area (Å²) in [7, 11) is 0. The Labute approximate surface area is 165 Å². The number of fused-ring (bicyclic) bond motifs is 1. The average molecular weight is 406 g/mol. The van der Waals surface area contributed by atoms with Crippen LogP contribution < -0.4 is 11.1 Å². The van der Waals surface area contributed by atoms with Crippen molar-refractivity contribution in [1.29, 1.82) is 0 Å². The van der Waals surface area contributed by atoms with Gasteiger partial charge in [-0.2, -0.15) is 4.98 Å². The Morgan fingerprint density at radius 2 is 2.14 bits per heavy atom. The number of aromatic nitrogens is 3. The highest BCUT2D eigenvalue weighted by molar-refractivity contribution is 6.32. The number of nitrogen functional groups attached to an aromatic ring is 1. The van der Waals surface area contributed by atoms with E-state index in [1.807, 2.05) is 25.1 Å². The van der Waals surface area contributed by atoms with Gasteiger partial charge in [-0.15, -0.1) is 0 Å². The van der Waals surface area contributed by atoms with Crippen LogP contribution in [0.1, 0.15) is 18.4 Å². The minimum atomic E-state index is -1.71. The molecule has 1 fully saturated rings. The molecular formula is C18H20ClN5O4. The summed E-state index contributed by atoms with van der Waals surface area (Å²) < 4.78 is 5.82. The molecule has 0 amide bonds. The zero-order valence-electron chi connectivity index (χ0n) is 15.1. The van der Waals surface area contributed by atoms with E-state index in [1.165, 1.54) is 0 Å². The van der Waals surface area contributed by atoms with Crippen LogP contribution in [0.25, 0.3) is 22.6 Å². The number of aryl methyl sites for hydroxylation is 1. The fourth-order valence-corrected chi connectivity index (χ4v) is 3.76. The summed E-state index contributed by atoms with van der Waals surface area (Å²) in [6, 6.07) is 5.56. The molecule has 0 spiro atoms. The third-order valence-electron chi connectivity index (χ3n) is 5.04. The van der Waals surface area contributed by atoms with E-state index in [-0.39, 0.29) is 41.4 Å². The number of anilines is 2. The molecule has 1 aromatic carbocycles. The van der Waals surface area contributed by atoms with Gasteiger partial charge in [-0.05, 0) is 37.5 Å². The smallest absolute Gasteiger partial charge is 0.234 e. The molecule has 148 valence electrons. The van der Waals surface area contributed by atoms with Crippen molar-refractivity contribution < 1.29 is 19.7 Å². The summed E-state index contributed by atoms with van der Waals surface area (Å²) in [5.74, 6) is -0.329. The summed E-state index contributed by atoms with van der Waals surface area (Å²) in [4.78, 5) is 12.5. The molecule has 0 radical (unpaired) electrons. The summed E-state index contributed by atoms with van der Waals surface area (Å²) >= 11 is 6.30. The van der Waals surface area contributed by atoms with Gasteiger partial charge in [-0.1, -0.05) is 17.7 Å². The summed E-state index contributed by atoms with van der Waals surface area (Å²) in [5, 5.41) is 33.4. The first-order valence-corrected chi connectivity index (χ1v) is 9.18. The van der Waals surface area contributed by atoms with Gasteiger partial charge < -0.3 is 30.8 Å². The number of nitrogens with two attached hydrogens (primary N) is 1. The molecule has 9 nitrogen and oxygen atoms in total. The van der Waals surface area contributed by atoms with Crippen molar-refractivity contribution in [1.82, 2.24) is 15.0 Å². The Kier molecular flexibility index (Phi) is 4.62. The van der Waals surface area contributed by atoms with Crippen LogP contribution in [0.4, 0.5) is 11.8 Å². The fourth-order valence-electron chi connectivity index (χ4n) is 3.50. The van der Waals surface area contributed by atoms with Crippen LogP contribution in [0, 0.1) is 12.8 Å². The first kappa shape index (κ1) is 18.9. The third-order valence-corrected chi connectivity index (χ3v) is 5.31. The van der Waals surface area contributed by atoms with Gasteiger partial charge in [0.15, 0.2) is 11.3 Å². The maximum absolute atomic E-state index is 10.9. The first-order valence-electron chi connectivity index (χ1n) is 8.81. The molecule has 28 heavy (non-hydrogen) atoms. The molecule has 3 aromatic rings. The molecule has 0 bridgehead atoms. The maximum atomic E-state index is 10.9. The second-order valence-electron chi connectivity index (χ2n) is 7.06. The molecule has 0 saturated heterocycles. The van der Waals surface area contributed by atoms with Crippen molar-refractivity contribution in [3.8, 4) is 11.5 Å². The molecule has 2 heterocycles. The standard InChI is InChI=1S/C18H20ClN5O4/c1-8-2-3-10-11(6-8)28-16(21-10)12-14(19)22-17(20)23-15(12)24-18(27)5-4-9(7-25)13(18)26/h2-3,6,9,13,25-27H,4-5,7H2,1H3,(H3,20,22,23,24). The Hall–Kier alpha value is -2.46. The second-order valence-corrected chi connectivity index (χ2v) is 7.42. The number of hydrogen-bond acceptors (Lipinski definition) is 9. The summed E-state index contributed by atoms with van der Waals surface area (Å²) in [5.41, 5.74) is 6.43. The normalized spacial score (nSPS) is 24.8. The predicted molar refractivity (Wildman–Crippen MR) is 104 cm³/mol. The number of rotatable bonds is 4. The number of hydrogen-bond donors (Lipinski definition) is 5. The van der Waals surface area contributed by atoms with Crippen LogP contribution in [0.5, 0.6) is 0 Å². The molecule has 1 aliphatic carbocycles. The number of aliphatic hydroxyl groups excluding tert-OH is 2. The van der Waals surface area contributed by atoms with Crippen LogP contribution in [0.2, 0.25) is 5.15 Å². The third kappa shape index (κ3) is 3.16. The lowest BCUT2D eigenvalue weighted by Crippen LogP contribution is -2.48. The van der Waals surface area contributed by atoms with Gasteiger partial charge in [0, 0.05) is 12.5 Å². The first-order chi connectivity index (χ1) is 13.3. The summed E-state index contributed by atoms with van der Waals surface area (Å²) in [6.07, 6.45) is -0.563. The summed E-state index contributed by atoms with van der Waals surface area (Å²) in [6.45, 7) is 1.69.